The molecule has 2 N–H and O–H groups in total. The van der Waals surface area contributed by atoms with E-state index in [1.807, 2.05) is 32.0 Å². The van der Waals surface area contributed by atoms with Gasteiger partial charge in [-0.05, 0) is 25.0 Å². The Labute approximate surface area is 148 Å². The highest BCUT2D eigenvalue weighted by molar-refractivity contribution is 5.74. The van der Waals surface area contributed by atoms with Crippen LogP contribution in [0.5, 0.6) is 0 Å². The Bertz CT molecular complexity index is 677. The van der Waals surface area contributed by atoms with E-state index in [0.717, 1.165) is 49.4 Å². The summed E-state index contributed by atoms with van der Waals surface area (Å²) in [6.45, 7) is 6.32. The van der Waals surface area contributed by atoms with Gasteiger partial charge in [0, 0.05) is 43.3 Å². The average molecular weight is 342 g/mol. The zero-order chi connectivity index (χ0) is 17.6. The van der Waals surface area contributed by atoms with Crippen LogP contribution >= 0.6 is 0 Å². The molecule has 0 spiro atoms. The predicted octanol–water partition coefficient (Wildman–Crippen LogP) is 2.88. The van der Waals surface area contributed by atoms with Crippen molar-refractivity contribution in [2.45, 2.75) is 45.7 Å². The van der Waals surface area contributed by atoms with Gasteiger partial charge in [-0.15, -0.1) is 0 Å². The molecule has 2 amide bonds. The summed E-state index contributed by atoms with van der Waals surface area (Å²) in [6, 6.07) is 10.3. The lowest BCUT2D eigenvalue weighted by atomic mass is 10.1. The molecule has 1 aromatic heterocycles. The normalized spacial score (nSPS) is 16.9. The number of aryl methyl sites for hydroxylation is 2. The van der Waals surface area contributed by atoms with E-state index < -0.39 is 0 Å². The van der Waals surface area contributed by atoms with Crippen LogP contribution in [0.4, 0.5) is 10.5 Å². The van der Waals surface area contributed by atoms with Gasteiger partial charge < -0.3 is 20.1 Å². The highest BCUT2D eigenvalue weighted by atomic mass is 16.5. The Kier molecular flexibility index (Phi) is 5.58. The molecule has 25 heavy (non-hydrogen) atoms. The van der Waals surface area contributed by atoms with Crippen LogP contribution in [-0.2, 0) is 19.4 Å². The van der Waals surface area contributed by atoms with Crippen LogP contribution in [0.3, 0.4) is 0 Å². The molecule has 0 unspecified atom stereocenters. The number of amides is 2. The molecule has 1 aromatic carbocycles. The smallest absolute Gasteiger partial charge is 0.315 e. The van der Waals surface area contributed by atoms with Crippen LogP contribution in [-0.4, -0.2) is 30.3 Å². The van der Waals surface area contributed by atoms with Crippen LogP contribution < -0.4 is 15.5 Å². The van der Waals surface area contributed by atoms with E-state index in [4.69, 9.17) is 4.52 Å². The van der Waals surface area contributed by atoms with Crippen molar-refractivity contribution < 1.29 is 9.32 Å². The number of urea groups is 1. The number of benzene rings is 1. The molecule has 1 saturated heterocycles. The van der Waals surface area contributed by atoms with Crippen molar-refractivity contribution in [1.82, 2.24) is 15.8 Å². The molecule has 1 aliphatic heterocycles. The summed E-state index contributed by atoms with van der Waals surface area (Å²) in [5, 5.41) is 10.1. The van der Waals surface area contributed by atoms with Gasteiger partial charge in [0.25, 0.3) is 0 Å². The standard InChI is InChI=1S/C19H26N4O2/c1-3-17-16(18(4-2)25-22-17)12-20-19(24)21-14-10-11-23(13-14)15-8-6-5-7-9-15/h5-9,14H,3-4,10-13H2,1-2H3,(H2,20,21,24)/t14-/m1/s1. The maximum Gasteiger partial charge on any atom is 0.315 e. The first kappa shape index (κ1) is 17.3. The number of carbonyl (C=O) groups excluding carboxylic acids is 1. The fraction of sp³-hybridized carbons (Fsp3) is 0.474. The largest absolute Gasteiger partial charge is 0.369 e. The summed E-state index contributed by atoms with van der Waals surface area (Å²) < 4.78 is 5.34. The number of hydrogen-bond acceptors (Lipinski definition) is 4. The van der Waals surface area contributed by atoms with Crippen LogP contribution in [0, 0.1) is 0 Å². The van der Waals surface area contributed by atoms with Crippen LogP contribution in [0.25, 0.3) is 0 Å². The summed E-state index contributed by atoms with van der Waals surface area (Å²) in [5.74, 6) is 0.855. The van der Waals surface area contributed by atoms with Crippen LogP contribution in [0.2, 0.25) is 0 Å². The highest BCUT2D eigenvalue weighted by Gasteiger charge is 2.24. The lowest BCUT2D eigenvalue weighted by Gasteiger charge is -2.19. The van der Waals surface area contributed by atoms with Gasteiger partial charge >= 0.3 is 6.03 Å². The van der Waals surface area contributed by atoms with E-state index in [-0.39, 0.29) is 12.1 Å². The van der Waals surface area contributed by atoms with E-state index in [9.17, 15) is 4.79 Å². The quantitative estimate of drug-likeness (QED) is 0.847. The first-order valence-corrected chi connectivity index (χ1v) is 9.01. The van der Waals surface area contributed by atoms with Crippen molar-refractivity contribution in [2.24, 2.45) is 0 Å². The van der Waals surface area contributed by atoms with Gasteiger partial charge in [-0.25, -0.2) is 4.79 Å². The summed E-state index contributed by atoms with van der Waals surface area (Å²) in [6.07, 6.45) is 2.53. The molecule has 0 saturated carbocycles. The molecular formula is C19H26N4O2. The van der Waals surface area contributed by atoms with Gasteiger partial charge in [0.15, 0.2) is 0 Å². The number of nitrogens with one attached hydrogen (secondary N) is 2. The van der Waals surface area contributed by atoms with Crippen molar-refractivity contribution in [3.63, 3.8) is 0 Å². The second-order valence-electron chi connectivity index (χ2n) is 6.33. The minimum Gasteiger partial charge on any atom is -0.369 e. The number of nitrogens with zero attached hydrogens (tertiary/aromatic N) is 2. The van der Waals surface area contributed by atoms with Crippen molar-refractivity contribution in [1.29, 1.82) is 0 Å². The number of para-hydroxylation sites is 1. The number of rotatable bonds is 6. The Hall–Kier alpha value is -2.50. The van der Waals surface area contributed by atoms with Gasteiger partial charge in [0.2, 0.25) is 0 Å². The molecule has 3 rings (SSSR count). The number of hydrogen-bond donors (Lipinski definition) is 2. The molecule has 1 fully saturated rings. The van der Waals surface area contributed by atoms with E-state index in [0.29, 0.717) is 6.54 Å². The van der Waals surface area contributed by atoms with E-state index in [2.05, 4.69) is 32.8 Å². The SMILES string of the molecule is CCc1noc(CC)c1CNC(=O)N[C@@H]1CCN(c2ccccc2)C1. The van der Waals surface area contributed by atoms with Gasteiger partial charge in [-0.1, -0.05) is 37.2 Å². The second-order valence-corrected chi connectivity index (χ2v) is 6.33. The summed E-state index contributed by atoms with van der Waals surface area (Å²) in [7, 11) is 0. The summed E-state index contributed by atoms with van der Waals surface area (Å²) >= 11 is 0. The number of carbonyl (C=O) groups is 1. The van der Waals surface area contributed by atoms with Crippen molar-refractivity contribution in [2.75, 3.05) is 18.0 Å². The number of anilines is 1. The summed E-state index contributed by atoms with van der Waals surface area (Å²) in [5.41, 5.74) is 3.14. The Balaban J connectivity index is 1.50. The van der Waals surface area contributed by atoms with Crippen molar-refractivity contribution >= 4 is 11.7 Å². The molecule has 0 bridgehead atoms. The molecule has 0 aliphatic carbocycles. The monoisotopic (exact) mass is 342 g/mol. The molecule has 6 heteroatoms. The van der Waals surface area contributed by atoms with Crippen molar-refractivity contribution in [3.05, 3.63) is 47.3 Å². The predicted molar refractivity (Wildman–Crippen MR) is 97.7 cm³/mol. The third-order valence-electron chi connectivity index (χ3n) is 4.68. The Morgan fingerprint density at radius 2 is 2.08 bits per heavy atom. The Morgan fingerprint density at radius 1 is 1.28 bits per heavy atom. The maximum absolute atomic E-state index is 12.2. The minimum atomic E-state index is -0.134. The third kappa shape index (κ3) is 4.13. The van der Waals surface area contributed by atoms with Crippen LogP contribution in [0.15, 0.2) is 34.9 Å². The zero-order valence-corrected chi connectivity index (χ0v) is 14.9. The van der Waals surface area contributed by atoms with Crippen molar-refractivity contribution in [3.8, 4) is 0 Å². The number of aromatic nitrogens is 1. The van der Waals surface area contributed by atoms with Crippen LogP contribution in [0.1, 0.15) is 37.3 Å². The van der Waals surface area contributed by atoms with E-state index >= 15 is 0 Å². The fourth-order valence-electron chi connectivity index (χ4n) is 3.29. The lowest BCUT2D eigenvalue weighted by molar-refractivity contribution is 0.237. The first-order valence-electron chi connectivity index (χ1n) is 9.01. The van der Waals surface area contributed by atoms with Gasteiger partial charge in [0.05, 0.1) is 5.69 Å². The molecular weight excluding hydrogens is 316 g/mol. The molecule has 6 nitrogen and oxygen atoms in total. The topological polar surface area (TPSA) is 70.4 Å². The zero-order valence-electron chi connectivity index (χ0n) is 14.9. The average Bonchev–Trinajstić information content (AvgIpc) is 3.26. The molecule has 134 valence electrons. The molecule has 2 heterocycles. The molecule has 2 aromatic rings. The lowest BCUT2D eigenvalue weighted by Crippen LogP contribution is -2.43. The maximum atomic E-state index is 12.2. The van der Waals surface area contributed by atoms with E-state index in [1.165, 1.54) is 5.69 Å². The Morgan fingerprint density at radius 3 is 2.80 bits per heavy atom. The molecule has 0 radical (unpaired) electrons. The van der Waals surface area contributed by atoms with Gasteiger partial charge in [0.1, 0.15) is 5.76 Å². The summed E-state index contributed by atoms with van der Waals surface area (Å²) in [4.78, 5) is 14.5. The second kappa shape index (κ2) is 8.05. The van der Waals surface area contributed by atoms with Gasteiger partial charge in [-0.2, -0.15) is 0 Å². The minimum absolute atomic E-state index is 0.134. The fourth-order valence-corrected chi connectivity index (χ4v) is 3.29. The molecule has 1 aliphatic rings. The molecule has 1 atom stereocenters. The highest BCUT2D eigenvalue weighted by Crippen LogP contribution is 2.19. The van der Waals surface area contributed by atoms with E-state index in [1.54, 1.807) is 0 Å². The third-order valence-corrected chi connectivity index (χ3v) is 4.68. The van der Waals surface area contributed by atoms with Gasteiger partial charge in [-0.3, -0.25) is 0 Å². The first-order chi connectivity index (χ1) is 12.2.